The first kappa shape index (κ1) is 9.74. The molecule has 0 aliphatic carbocycles. The van der Waals surface area contributed by atoms with Gasteiger partial charge in [0.15, 0.2) is 6.73 Å². The van der Waals surface area contributed by atoms with Crippen LogP contribution in [0, 0.1) is 6.73 Å². The second kappa shape index (κ2) is 5.32. The standard InChI is InChI=1S/C10H12NO2/c1-2-13-8-11-10(12)9-6-4-3-5-7-9/h3-8H,2H2,1H3,(H,11,12). The van der Waals surface area contributed by atoms with Crippen molar-refractivity contribution in [1.82, 2.24) is 5.32 Å². The van der Waals surface area contributed by atoms with E-state index in [0.29, 0.717) is 12.2 Å². The highest BCUT2D eigenvalue weighted by Crippen LogP contribution is 1.97. The molecule has 0 unspecified atom stereocenters. The van der Waals surface area contributed by atoms with Crippen molar-refractivity contribution in [3.05, 3.63) is 42.6 Å². The van der Waals surface area contributed by atoms with Crippen LogP contribution in [0.5, 0.6) is 0 Å². The molecule has 0 aromatic heterocycles. The molecule has 0 bridgehead atoms. The van der Waals surface area contributed by atoms with Gasteiger partial charge in [-0.3, -0.25) is 4.79 Å². The highest BCUT2D eigenvalue weighted by Gasteiger charge is 2.02. The minimum atomic E-state index is -0.158. The van der Waals surface area contributed by atoms with Gasteiger partial charge in [0.25, 0.3) is 5.91 Å². The van der Waals surface area contributed by atoms with Crippen LogP contribution in [0.1, 0.15) is 17.3 Å². The summed E-state index contributed by atoms with van der Waals surface area (Å²) >= 11 is 0. The van der Waals surface area contributed by atoms with Crippen molar-refractivity contribution < 1.29 is 9.53 Å². The molecular weight excluding hydrogens is 166 g/mol. The Morgan fingerprint density at radius 1 is 1.46 bits per heavy atom. The zero-order valence-corrected chi connectivity index (χ0v) is 7.49. The van der Waals surface area contributed by atoms with Crippen molar-refractivity contribution in [3.8, 4) is 0 Å². The van der Waals surface area contributed by atoms with E-state index in [1.54, 1.807) is 12.1 Å². The van der Waals surface area contributed by atoms with Crippen molar-refractivity contribution in [2.45, 2.75) is 6.92 Å². The van der Waals surface area contributed by atoms with E-state index in [4.69, 9.17) is 4.74 Å². The van der Waals surface area contributed by atoms with Gasteiger partial charge in [-0.05, 0) is 19.1 Å². The second-order valence-corrected chi connectivity index (χ2v) is 2.41. The lowest BCUT2D eigenvalue weighted by Crippen LogP contribution is -2.21. The Balaban J connectivity index is 2.40. The van der Waals surface area contributed by atoms with Gasteiger partial charge in [0, 0.05) is 12.2 Å². The van der Waals surface area contributed by atoms with E-state index in [-0.39, 0.29) is 5.91 Å². The largest absolute Gasteiger partial charge is 0.354 e. The maximum absolute atomic E-state index is 11.3. The fourth-order valence-electron chi connectivity index (χ4n) is 0.851. The fourth-order valence-corrected chi connectivity index (χ4v) is 0.851. The first-order valence-corrected chi connectivity index (χ1v) is 4.13. The third-order valence-electron chi connectivity index (χ3n) is 1.48. The van der Waals surface area contributed by atoms with E-state index in [2.05, 4.69) is 5.32 Å². The van der Waals surface area contributed by atoms with Gasteiger partial charge in [0.2, 0.25) is 0 Å². The number of carbonyl (C=O) groups is 1. The van der Waals surface area contributed by atoms with Crippen LogP contribution >= 0.6 is 0 Å². The Morgan fingerprint density at radius 3 is 2.77 bits per heavy atom. The minimum absolute atomic E-state index is 0.158. The molecule has 1 aromatic carbocycles. The molecule has 0 heterocycles. The maximum atomic E-state index is 11.3. The van der Waals surface area contributed by atoms with Crippen molar-refractivity contribution in [2.75, 3.05) is 6.61 Å². The Labute approximate surface area is 77.7 Å². The molecule has 3 heteroatoms. The Hall–Kier alpha value is -1.35. The Bertz CT molecular complexity index is 259. The zero-order chi connectivity index (χ0) is 9.52. The molecule has 13 heavy (non-hydrogen) atoms. The Kier molecular flexibility index (Phi) is 3.99. The van der Waals surface area contributed by atoms with Gasteiger partial charge < -0.3 is 10.1 Å². The van der Waals surface area contributed by atoms with Gasteiger partial charge in [0.05, 0.1) is 0 Å². The molecule has 1 amide bonds. The van der Waals surface area contributed by atoms with Gasteiger partial charge in [-0.15, -0.1) is 0 Å². The highest BCUT2D eigenvalue weighted by molar-refractivity contribution is 5.94. The molecule has 0 fully saturated rings. The first-order valence-electron chi connectivity index (χ1n) is 4.13. The van der Waals surface area contributed by atoms with Crippen molar-refractivity contribution in [3.63, 3.8) is 0 Å². The number of ether oxygens (including phenoxy) is 1. The normalized spacial score (nSPS) is 9.62. The summed E-state index contributed by atoms with van der Waals surface area (Å²) in [4.78, 5) is 11.3. The Morgan fingerprint density at radius 2 is 2.15 bits per heavy atom. The van der Waals surface area contributed by atoms with Gasteiger partial charge in [-0.2, -0.15) is 0 Å². The quantitative estimate of drug-likeness (QED) is 0.711. The van der Waals surface area contributed by atoms with Gasteiger partial charge in [-0.1, -0.05) is 18.2 Å². The van der Waals surface area contributed by atoms with Crippen LogP contribution in [0.25, 0.3) is 0 Å². The second-order valence-electron chi connectivity index (χ2n) is 2.41. The summed E-state index contributed by atoms with van der Waals surface area (Å²) in [6.07, 6.45) is 0. The van der Waals surface area contributed by atoms with Crippen LogP contribution < -0.4 is 5.32 Å². The van der Waals surface area contributed by atoms with E-state index >= 15 is 0 Å². The smallest absolute Gasteiger partial charge is 0.253 e. The first-order chi connectivity index (χ1) is 6.34. The topological polar surface area (TPSA) is 38.3 Å². The van der Waals surface area contributed by atoms with Gasteiger partial charge >= 0.3 is 0 Å². The van der Waals surface area contributed by atoms with Crippen molar-refractivity contribution in [2.24, 2.45) is 0 Å². The summed E-state index contributed by atoms with van der Waals surface area (Å²) in [7, 11) is 0. The number of carbonyl (C=O) groups excluding carboxylic acids is 1. The van der Waals surface area contributed by atoms with Crippen LogP contribution in [0.4, 0.5) is 0 Å². The van der Waals surface area contributed by atoms with Crippen LogP contribution in [-0.2, 0) is 4.74 Å². The number of rotatable bonds is 4. The highest BCUT2D eigenvalue weighted by atomic mass is 16.5. The summed E-state index contributed by atoms with van der Waals surface area (Å²) in [5.74, 6) is -0.158. The molecule has 69 valence electrons. The molecule has 0 spiro atoms. The molecule has 1 aromatic rings. The summed E-state index contributed by atoms with van der Waals surface area (Å²) in [5, 5.41) is 2.51. The number of benzene rings is 1. The number of hydrogen-bond donors (Lipinski definition) is 1. The molecule has 0 aliphatic rings. The third kappa shape index (κ3) is 3.25. The van der Waals surface area contributed by atoms with Crippen LogP contribution in [0.2, 0.25) is 0 Å². The van der Waals surface area contributed by atoms with E-state index in [9.17, 15) is 4.79 Å². The molecule has 0 aliphatic heterocycles. The molecule has 0 saturated heterocycles. The van der Waals surface area contributed by atoms with E-state index in [1.807, 2.05) is 25.1 Å². The average molecular weight is 178 g/mol. The lowest BCUT2D eigenvalue weighted by atomic mass is 10.2. The SMILES string of the molecule is CCO[CH]NC(=O)c1ccccc1. The summed E-state index contributed by atoms with van der Waals surface area (Å²) in [6.45, 7) is 3.70. The third-order valence-corrected chi connectivity index (χ3v) is 1.48. The molecule has 1 radical (unpaired) electrons. The molecule has 0 atom stereocenters. The summed E-state index contributed by atoms with van der Waals surface area (Å²) in [6, 6.07) is 8.98. The maximum Gasteiger partial charge on any atom is 0.253 e. The van der Waals surface area contributed by atoms with Crippen LogP contribution in [0.15, 0.2) is 30.3 Å². The summed E-state index contributed by atoms with van der Waals surface area (Å²) < 4.78 is 4.87. The predicted molar refractivity (Wildman–Crippen MR) is 49.8 cm³/mol. The predicted octanol–water partition coefficient (Wildman–Crippen LogP) is 1.57. The van der Waals surface area contributed by atoms with Gasteiger partial charge in [0.1, 0.15) is 0 Å². The molecule has 3 nitrogen and oxygen atoms in total. The molecule has 1 N–H and O–H groups in total. The number of amides is 1. The minimum Gasteiger partial charge on any atom is -0.354 e. The van der Waals surface area contributed by atoms with Crippen molar-refractivity contribution in [1.29, 1.82) is 0 Å². The van der Waals surface area contributed by atoms with Crippen LogP contribution in [-0.4, -0.2) is 12.5 Å². The monoisotopic (exact) mass is 178 g/mol. The fraction of sp³-hybridized carbons (Fsp3) is 0.200. The van der Waals surface area contributed by atoms with E-state index < -0.39 is 0 Å². The number of hydrogen-bond acceptors (Lipinski definition) is 2. The number of nitrogens with one attached hydrogen (secondary N) is 1. The van der Waals surface area contributed by atoms with E-state index in [1.165, 1.54) is 6.73 Å². The zero-order valence-electron chi connectivity index (χ0n) is 7.49. The molecule has 1 rings (SSSR count). The molecule has 0 saturated carbocycles. The van der Waals surface area contributed by atoms with Crippen LogP contribution in [0.3, 0.4) is 0 Å². The van der Waals surface area contributed by atoms with Gasteiger partial charge in [-0.25, -0.2) is 0 Å². The lowest BCUT2D eigenvalue weighted by Gasteiger charge is -2.02. The lowest BCUT2D eigenvalue weighted by molar-refractivity contribution is 0.0914. The average Bonchev–Trinajstić information content (AvgIpc) is 2.19. The summed E-state index contributed by atoms with van der Waals surface area (Å²) in [5.41, 5.74) is 0.624. The molecular formula is C10H12NO2. The van der Waals surface area contributed by atoms with E-state index in [0.717, 1.165) is 0 Å². The van der Waals surface area contributed by atoms with Crippen molar-refractivity contribution >= 4 is 5.91 Å².